The van der Waals surface area contributed by atoms with Crippen LogP contribution >= 0.6 is 0 Å². The Balaban J connectivity index is 2.02. The first-order valence-electron chi connectivity index (χ1n) is 9.56. The molecule has 0 unspecified atom stereocenters. The van der Waals surface area contributed by atoms with Crippen LogP contribution in [0.5, 0.6) is 0 Å². The summed E-state index contributed by atoms with van der Waals surface area (Å²) in [4.78, 5) is 26.5. The van der Waals surface area contributed by atoms with Crippen molar-refractivity contribution in [3.05, 3.63) is 59.9 Å². The number of nitrogens with one attached hydrogen (secondary N) is 1. The zero-order valence-electron chi connectivity index (χ0n) is 17.4. The lowest BCUT2D eigenvalue weighted by atomic mass is 10.0. The molecule has 1 N–H and O–H groups in total. The molecular weight excluding hydrogens is 354 g/mol. The van der Waals surface area contributed by atoms with Gasteiger partial charge < -0.3 is 19.5 Å². The van der Waals surface area contributed by atoms with Crippen molar-refractivity contribution in [1.82, 2.24) is 14.8 Å². The molecule has 28 heavy (non-hydrogen) atoms. The first-order chi connectivity index (χ1) is 13.2. The number of amides is 2. The summed E-state index contributed by atoms with van der Waals surface area (Å²) in [6.45, 7) is 6.02. The Kier molecular flexibility index (Phi) is 7.26. The highest BCUT2D eigenvalue weighted by molar-refractivity contribution is 5.92. The van der Waals surface area contributed by atoms with Gasteiger partial charge >= 0.3 is 6.09 Å². The Morgan fingerprint density at radius 1 is 1.14 bits per heavy atom. The van der Waals surface area contributed by atoms with Crippen LogP contribution in [-0.2, 0) is 18.2 Å². The Morgan fingerprint density at radius 3 is 2.39 bits per heavy atom. The van der Waals surface area contributed by atoms with Gasteiger partial charge in [0, 0.05) is 32.9 Å². The molecule has 0 aliphatic rings. The van der Waals surface area contributed by atoms with Crippen molar-refractivity contribution in [2.75, 3.05) is 13.6 Å². The van der Waals surface area contributed by atoms with Gasteiger partial charge in [-0.2, -0.15) is 0 Å². The Hall–Kier alpha value is -2.76. The summed E-state index contributed by atoms with van der Waals surface area (Å²) in [6, 6.07) is 13.5. The summed E-state index contributed by atoms with van der Waals surface area (Å²) in [6.07, 6.45) is 2.79. The predicted molar refractivity (Wildman–Crippen MR) is 110 cm³/mol. The molecule has 2 aromatic rings. The fourth-order valence-corrected chi connectivity index (χ4v) is 2.94. The van der Waals surface area contributed by atoms with Gasteiger partial charge in [-0.1, -0.05) is 30.3 Å². The predicted octanol–water partition coefficient (Wildman–Crippen LogP) is 3.62. The first kappa shape index (κ1) is 21.5. The molecule has 1 atom stereocenters. The number of benzene rings is 1. The van der Waals surface area contributed by atoms with E-state index in [4.69, 9.17) is 4.74 Å². The number of aromatic nitrogens is 1. The number of aryl methyl sites for hydroxylation is 1. The third kappa shape index (κ3) is 6.44. The van der Waals surface area contributed by atoms with Crippen LogP contribution in [0.2, 0.25) is 0 Å². The maximum Gasteiger partial charge on any atom is 0.410 e. The number of hydrogen-bond donors (Lipinski definition) is 1. The molecule has 0 saturated carbocycles. The first-order valence-corrected chi connectivity index (χ1v) is 9.56. The lowest BCUT2D eigenvalue weighted by Gasteiger charge is -2.31. The topological polar surface area (TPSA) is 63.6 Å². The molecule has 0 fully saturated rings. The summed E-state index contributed by atoms with van der Waals surface area (Å²) in [7, 11) is 3.59. The second-order valence-corrected chi connectivity index (χ2v) is 7.98. The minimum absolute atomic E-state index is 0.0917. The Morgan fingerprint density at radius 2 is 1.82 bits per heavy atom. The van der Waals surface area contributed by atoms with Crippen LogP contribution in [0.25, 0.3) is 0 Å². The zero-order chi connectivity index (χ0) is 20.7. The van der Waals surface area contributed by atoms with Gasteiger partial charge in [0.25, 0.3) is 5.91 Å². The minimum atomic E-state index is -0.552. The summed E-state index contributed by atoms with van der Waals surface area (Å²) in [5.74, 6) is -0.120. The van der Waals surface area contributed by atoms with E-state index in [-0.39, 0.29) is 18.0 Å². The molecule has 0 radical (unpaired) electrons. The molecule has 6 nitrogen and oxygen atoms in total. The number of rotatable bonds is 7. The molecule has 152 valence electrons. The Labute approximate surface area is 167 Å². The van der Waals surface area contributed by atoms with Crippen LogP contribution in [0.15, 0.2) is 48.7 Å². The lowest BCUT2D eigenvalue weighted by molar-refractivity contribution is 0.0215. The van der Waals surface area contributed by atoms with Gasteiger partial charge in [0.15, 0.2) is 0 Å². The van der Waals surface area contributed by atoms with E-state index in [1.54, 1.807) is 22.6 Å². The second kappa shape index (κ2) is 9.44. The summed E-state index contributed by atoms with van der Waals surface area (Å²) < 4.78 is 7.30. The van der Waals surface area contributed by atoms with Crippen molar-refractivity contribution in [2.24, 2.45) is 7.05 Å². The number of nitrogens with zero attached hydrogens (tertiary/aromatic N) is 2. The quantitative estimate of drug-likeness (QED) is 0.792. The fraction of sp³-hybridized carbons (Fsp3) is 0.455. The normalized spacial score (nSPS) is 12.3. The summed E-state index contributed by atoms with van der Waals surface area (Å²) in [5, 5.41) is 2.95. The lowest BCUT2D eigenvalue weighted by Crippen LogP contribution is -2.43. The smallest absolute Gasteiger partial charge is 0.410 e. The average molecular weight is 386 g/mol. The van der Waals surface area contributed by atoms with E-state index in [0.717, 1.165) is 5.56 Å². The standard InChI is InChI=1S/C22H31N3O3/c1-22(2,3)28-21(27)25(5)18(16-17-10-7-6-8-11-17)13-14-23-20(26)19-12-9-15-24(19)4/h6-12,15,18H,13-14,16H2,1-5H3,(H,23,26)/t18-/m1/s1. The average Bonchev–Trinajstić information content (AvgIpc) is 3.05. The molecule has 1 aromatic carbocycles. The highest BCUT2D eigenvalue weighted by Crippen LogP contribution is 2.15. The molecule has 2 amide bonds. The molecular formula is C22H31N3O3. The number of carbonyl (C=O) groups is 2. The van der Waals surface area contributed by atoms with Gasteiger partial charge in [0.1, 0.15) is 11.3 Å². The third-order valence-electron chi connectivity index (χ3n) is 4.48. The second-order valence-electron chi connectivity index (χ2n) is 7.98. The van der Waals surface area contributed by atoms with E-state index in [1.165, 1.54) is 0 Å². The molecule has 0 aliphatic heterocycles. The van der Waals surface area contributed by atoms with Gasteiger partial charge in [-0.05, 0) is 51.3 Å². The molecule has 1 heterocycles. The van der Waals surface area contributed by atoms with Crippen molar-refractivity contribution in [2.45, 2.75) is 45.3 Å². The number of hydrogen-bond acceptors (Lipinski definition) is 3. The van der Waals surface area contributed by atoms with E-state index < -0.39 is 5.60 Å². The number of carbonyl (C=O) groups excluding carboxylic acids is 2. The number of ether oxygens (including phenoxy) is 1. The highest BCUT2D eigenvalue weighted by Gasteiger charge is 2.25. The van der Waals surface area contributed by atoms with E-state index >= 15 is 0 Å². The van der Waals surface area contributed by atoms with Crippen LogP contribution in [-0.4, -0.2) is 46.7 Å². The summed E-state index contributed by atoms with van der Waals surface area (Å²) >= 11 is 0. The van der Waals surface area contributed by atoms with Crippen LogP contribution in [0.3, 0.4) is 0 Å². The van der Waals surface area contributed by atoms with Gasteiger partial charge in [0.05, 0.1) is 0 Å². The highest BCUT2D eigenvalue weighted by atomic mass is 16.6. The largest absolute Gasteiger partial charge is 0.444 e. The van der Waals surface area contributed by atoms with Gasteiger partial charge in [0.2, 0.25) is 0 Å². The molecule has 0 spiro atoms. The molecule has 0 aliphatic carbocycles. The molecule has 1 aromatic heterocycles. The van der Waals surface area contributed by atoms with E-state index in [9.17, 15) is 9.59 Å². The molecule has 0 saturated heterocycles. The van der Waals surface area contributed by atoms with Gasteiger partial charge in [-0.3, -0.25) is 4.79 Å². The Bertz CT molecular complexity index is 778. The van der Waals surface area contributed by atoms with Crippen molar-refractivity contribution >= 4 is 12.0 Å². The van der Waals surface area contributed by atoms with Crippen LogP contribution < -0.4 is 5.32 Å². The fourth-order valence-electron chi connectivity index (χ4n) is 2.94. The van der Waals surface area contributed by atoms with Crippen molar-refractivity contribution in [3.63, 3.8) is 0 Å². The van der Waals surface area contributed by atoms with Crippen molar-refractivity contribution < 1.29 is 14.3 Å². The van der Waals surface area contributed by atoms with Crippen LogP contribution in [0.4, 0.5) is 4.79 Å². The van der Waals surface area contributed by atoms with Gasteiger partial charge in [-0.25, -0.2) is 4.79 Å². The summed E-state index contributed by atoms with van der Waals surface area (Å²) in [5.41, 5.74) is 1.19. The van der Waals surface area contributed by atoms with Crippen LogP contribution in [0.1, 0.15) is 43.2 Å². The molecule has 2 rings (SSSR count). The monoisotopic (exact) mass is 385 g/mol. The van der Waals surface area contributed by atoms with E-state index in [0.29, 0.717) is 25.1 Å². The maximum absolute atomic E-state index is 12.5. The SMILES string of the molecule is CN(C(=O)OC(C)(C)C)[C@H](CCNC(=O)c1cccn1C)Cc1ccccc1. The molecule has 6 heteroatoms. The minimum Gasteiger partial charge on any atom is -0.444 e. The molecule has 0 bridgehead atoms. The van der Waals surface area contributed by atoms with E-state index in [2.05, 4.69) is 5.32 Å². The maximum atomic E-state index is 12.5. The van der Waals surface area contributed by atoms with E-state index in [1.807, 2.05) is 70.4 Å². The zero-order valence-corrected chi connectivity index (χ0v) is 17.4. The third-order valence-corrected chi connectivity index (χ3v) is 4.48. The van der Waals surface area contributed by atoms with Gasteiger partial charge in [-0.15, -0.1) is 0 Å². The van der Waals surface area contributed by atoms with Crippen molar-refractivity contribution in [3.8, 4) is 0 Å². The van der Waals surface area contributed by atoms with Crippen LogP contribution in [0, 0.1) is 0 Å². The van der Waals surface area contributed by atoms with Crippen molar-refractivity contribution in [1.29, 1.82) is 0 Å². The number of likely N-dealkylation sites (N-methyl/N-ethyl adjacent to an activating group) is 1.